The molecule has 2 rings (SSSR count). The first-order valence-electron chi connectivity index (χ1n) is 5.46. The van der Waals surface area contributed by atoms with Gasteiger partial charge in [-0.05, 0) is 36.4 Å². The van der Waals surface area contributed by atoms with Crippen molar-refractivity contribution in [2.75, 3.05) is 7.11 Å². The van der Waals surface area contributed by atoms with Gasteiger partial charge in [-0.3, -0.25) is 14.6 Å². The van der Waals surface area contributed by atoms with Crippen LogP contribution in [0.4, 0.5) is 0 Å². The fourth-order valence-electron chi connectivity index (χ4n) is 1.52. The smallest absolute Gasteiger partial charge is 0.251 e. The molecule has 0 saturated heterocycles. The van der Waals surface area contributed by atoms with Gasteiger partial charge in [0, 0.05) is 16.8 Å². The predicted octanol–water partition coefficient (Wildman–Crippen LogP) is 2.81. The van der Waals surface area contributed by atoms with E-state index >= 15 is 0 Å². The number of ketones is 2. The lowest BCUT2D eigenvalue weighted by Crippen LogP contribution is -2.15. The molecule has 1 aromatic carbocycles. The molecule has 96 valence electrons. The Bertz CT molecular complexity index is 623. The Morgan fingerprint density at radius 1 is 1.11 bits per heavy atom. The third kappa shape index (κ3) is 2.98. The van der Waals surface area contributed by atoms with E-state index in [2.05, 4.69) is 4.98 Å². The topological polar surface area (TPSA) is 56.3 Å². The number of ether oxygens (including phenoxy) is 1. The Morgan fingerprint density at radius 2 is 1.79 bits per heavy atom. The molecule has 4 nitrogen and oxygen atoms in total. The summed E-state index contributed by atoms with van der Waals surface area (Å²) in [5.74, 6) is -0.699. The van der Waals surface area contributed by atoms with Crippen molar-refractivity contribution in [1.29, 1.82) is 0 Å². The Labute approximate surface area is 115 Å². The maximum Gasteiger partial charge on any atom is 0.251 e. The highest BCUT2D eigenvalue weighted by Crippen LogP contribution is 2.14. The van der Waals surface area contributed by atoms with Crippen molar-refractivity contribution in [2.45, 2.75) is 0 Å². The molecule has 0 aliphatic rings. The van der Waals surface area contributed by atoms with Crippen LogP contribution >= 0.6 is 11.6 Å². The number of halogens is 1. The SMILES string of the molecule is COc1ccc(C(=O)C(=O)c2cc(Cl)ccn2)cc1. The number of benzene rings is 1. The number of carbonyl (C=O) groups excluding carboxylic acids is 2. The molecule has 1 aromatic heterocycles. The zero-order chi connectivity index (χ0) is 13.8. The molecule has 0 fully saturated rings. The van der Waals surface area contributed by atoms with Crippen LogP contribution in [-0.4, -0.2) is 23.7 Å². The van der Waals surface area contributed by atoms with E-state index in [0.29, 0.717) is 10.8 Å². The minimum absolute atomic E-state index is 0.0355. The number of hydrogen-bond acceptors (Lipinski definition) is 4. The molecule has 2 aromatic rings. The van der Waals surface area contributed by atoms with Crippen molar-refractivity contribution >= 4 is 23.2 Å². The van der Waals surface area contributed by atoms with Crippen molar-refractivity contribution in [2.24, 2.45) is 0 Å². The Kier molecular flexibility index (Phi) is 3.92. The lowest BCUT2D eigenvalue weighted by atomic mass is 10.0. The third-order valence-electron chi connectivity index (χ3n) is 2.51. The van der Waals surface area contributed by atoms with Gasteiger partial charge in [-0.15, -0.1) is 0 Å². The highest BCUT2D eigenvalue weighted by molar-refractivity contribution is 6.49. The van der Waals surface area contributed by atoms with Crippen LogP contribution in [0.25, 0.3) is 0 Å². The van der Waals surface area contributed by atoms with Gasteiger partial charge in [-0.1, -0.05) is 11.6 Å². The van der Waals surface area contributed by atoms with Crippen LogP contribution in [0.3, 0.4) is 0 Å². The van der Waals surface area contributed by atoms with Gasteiger partial charge in [-0.2, -0.15) is 0 Å². The van der Waals surface area contributed by atoms with Crippen LogP contribution in [0.15, 0.2) is 42.6 Å². The fraction of sp³-hybridized carbons (Fsp3) is 0.0714. The van der Waals surface area contributed by atoms with Crippen molar-refractivity contribution < 1.29 is 14.3 Å². The monoisotopic (exact) mass is 275 g/mol. The van der Waals surface area contributed by atoms with E-state index in [-0.39, 0.29) is 11.3 Å². The Morgan fingerprint density at radius 3 is 2.37 bits per heavy atom. The van der Waals surface area contributed by atoms with Gasteiger partial charge in [0.15, 0.2) is 0 Å². The summed E-state index contributed by atoms with van der Waals surface area (Å²) in [6, 6.07) is 9.20. The van der Waals surface area contributed by atoms with E-state index < -0.39 is 11.6 Å². The Hall–Kier alpha value is -2.20. The van der Waals surface area contributed by atoms with Gasteiger partial charge in [-0.25, -0.2) is 0 Å². The van der Waals surface area contributed by atoms with Crippen LogP contribution in [0.5, 0.6) is 5.75 Å². The molecule has 0 spiro atoms. The van der Waals surface area contributed by atoms with Crippen molar-refractivity contribution in [3.05, 3.63) is 58.9 Å². The highest BCUT2D eigenvalue weighted by atomic mass is 35.5. The van der Waals surface area contributed by atoms with Gasteiger partial charge in [0.25, 0.3) is 5.78 Å². The molecule has 0 radical (unpaired) electrons. The molecular formula is C14H10ClNO3. The predicted molar refractivity (Wildman–Crippen MR) is 70.9 cm³/mol. The number of rotatable bonds is 4. The van der Waals surface area contributed by atoms with E-state index in [0.717, 1.165) is 0 Å². The molecule has 0 unspecified atom stereocenters. The fourth-order valence-corrected chi connectivity index (χ4v) is 1.68. The number of methoxy groups -OCH3 is 1. The second-order valence-electron chi connectivity index (χ2n) is 3.75. The van der Waals surface area contributed by atoms with Crippen LogP contribution in [-0.2, 0) is 0 Å². The van der Waals surface area contributed by atoms with Crippen molar-refractivity contribution in [3.63, 3.8) is 0 Å². The van der Waals surface area contributed by atoms with Gasteiger partial charge >= 0.3 is 0 Å². The number of hydrogen-bond donors (Lipinski definition) is 0. The van der Waals surface area contributed by atoms with Crippen LogP contribution in [0.2, 0.25) is 5.02 Å². The summed E-state index contributed by atoms with van der Waals surface area (Å²) in [5, 5.41) is 0.362. The number of aromatic nitrogens is 1. The Balaban J connectivity index is 2.25. The average molecular weight is 276 g/mol. The van der Waals surface area contributed by atoms with Gasteiger partial charge < -0.3 is 4.74 Å². The molecule has 0 atom stereocenters. The van der Waals surface area contributed by atoms with Crippen LogP contribution < -0.4 is 4.74 Å². The molecule has 1 heterocycles. The standard InChI is InChI=1S/C14H10ClNO3/c1-19-11-4-2-9(3-5-11)13(17)14(18)12-8-10(15)6-7-16-12/h2-8H,1H3. The molecule has 0 saturated carbocycles. The average Bonchev–Trinajstić information content (AvgIpc) is 2.46. The van der Waals surface area contributed by atoms with E-state index in [1.54, 1.807) is 12.1 Å². The highest BCUT2D eigenvalue weighted by Gasteiger charge is 2.19. The van der Waals surface area contributed by atoms with E-state index in [1.807, 2.05) is 0 Å². The molecule has 0 N–H and O–H groups in total. The van der Waals surface area contributed by atoms with Crippen LogP contribution in [0.1, 0.15) is 20.8 Å². The number of pyridine rings is 1. The minimum Gasteiger partial charge on any atom is -0.497 e. The summed E-state index contributed by atoms with van der Waals surface area (Å²) >= 11 is 5.76. The second-order valence-corrected chi connectivity index (χ2v) is 4.18. The minimum atomic E-state index is -0.687. The first kappa shape index (κ1) is 13.2. The lowest BCUT2D eigenvalue weighted by molar-refractivity contribution is 0.0814. The summed E-state index contributed by atoms with van der Waals surface area (Å²) in [6.45, 7) is 0. The summed E-state index contributed by atoms with van der Waals surface area (Å²) in [7, 11) is 1.53. The number of nitrogens with zero attached hydrogens (tertiary/aromatic N) is 1. The lowest BCUT2D eigenvalue weighted by Gasteiger charge is -2.02. The maximum absolute atomic E-state index is 12.0. The molecule has 0 bridgehead atoms. The van der Waals surface area contributed by atoms with Crippen molar-refractivity contribution in [1.82, 2.24) is 4.98 Å². The first-order valence-corrected chi connectivity index (χ1v) is 5.84. The quantitative estimate of drug-likeness (QED) is 0.636. The molecule has 5 heteroatoms. The van der Waals surface area contributed by atoms with Gasteiger partial charge in [0.2, 0.25) is 5.78 Å². The van der Waals surface area contributed by atoms with Gasteiger partial charge in [0.1, 0.15) is 11.4 Å². The molecule has 19 heavy (non-hydrogen) atoms. The van der Waals surface area contributed by atoms with E-state index in [1.165, 1.54) is 37.6 Å². The summed E-state index contributed by atoms with van der Waals surface area (Å²) in [6.07, 6.45) is 1.39. The first-order chi connectivity index (χ1) is 9.11. The van der Waals surface area contributed by atoms with E-state index in [4.69, 9.17) is 16.3 Å². The maximum atomic E-state index is 12.0. The van der Waals surface area contributed by atoms with Crippen LogP contribution in [0, 0.1) is 0 Å². The second kappa shape index (κ2) is 5.63. The molecule has 0 aliphatic carbocycles. The van der Waals surface area contributed by atoms with Crippen molar-refractivity contribution in [3.8, 4) is 5.75 Å². The summed E-state index contributed by atoms with van der Waals surface area (Å²) < 4.78 is 4.98. The zero-order valence-electron chi connectivity index (χ0n) is 10.1. The van der Waals surface area contributed by atoms with Gasteiger partial charge in [0.05, 0.1) is 7.11 Å². The summed E-state index contributed by atoms with van der Waals surface area (Å²) in [4.78, 5) is 27.8. The third-order valence-corrected chi connectivity index (χ3v) is 2.75. The normalized spacial score (nSPS) is 10.0. The molecular weight excluding hydrogens is 266 g/mol. The molecule has 0 aliphatic heterocycles. The molecule has 0 amide bonds. The van der Waals surface area contributed by atoms with E-state index in [9.17, 15) is 9.59 Å². The zero-order valence-corrected chi connectivity index (χ0v) is 10.8. The number of carbonyl (C=O) groups is 2. The number of Topliss-reactive ketones (excluding diaryl/α,β-unsaturated/α-hetero) is 2. The largest absolute Gasteiger partial charge is 0.497 e. The summed E-state index contributed by atoms with van der Waals surface area (Å²) in [5.41, 5.74) is 0.320.